The summed E-state index contributed by atoms with van der Waals surface area (Å²) in [6.45, 7) is 0. The fourth-order valence-electron chi connectivity index (χ4n) is 1.53. The lowest BCUT2D eigenvalue weighted by Gasteiger charge is -2.11. The van der Waals surface area contributed by atoms with Crippen LogP contribution in [0.15, 0.2) is 42.5 Å². The molecule has 0 atom stereocenters. The lowest BCUT2D eigenvalue weighted by Crippen LogP contribution is -1.90. The second kappa shape index (κ2) is 6.12. The molecule has 2 aromatic carbocycles. The number of hydrogen-bond acceptors (Lipinski definition) is 2. The summed E-state index contributed by atoms with van der Waals surface area (Å²) in [7, 11) is 1.63. The van der Waals surface area contributed by atoms with E-state index in [1.165, 1.54) is 0 Å². The van der Waals surface area contributed by atoms with E-state index < -0.39 is 0 Å². The van der Waals surface area contributed by atoms with Gasteiger partial charge < -0.3 is 9.47 Å². The molecule has 0 fully saturated rings. The van der Waals surface area contributed by atoms with Gasteiger partial charge >= 0.3 is 0 Å². The number of alkyl halides is 1. The Labute approximate surface area is 120 Å². The van der Waals surface area contributed by atoms with E-state index in [0.29, 0.717) is 10.4 Å². The summed E-state index contributed by atoms with van der Waals surface area (Å²) in [5.41, 5.74) is 0.940. The van der Waals surface area contributed by atoms with Crippen LogP contribution in [0.2, 0.25) is 5.02 Å². The molecule has 0 aliphatic heterocycles. The average Bonchev–Trinajstić information content (AvgIpc) is 2.40. The van der Waals surface area contributed by atoms with E-state index in [4.69, 9.17) is 21.1 Å². The molecule has 94 valence electrons. The normalized spacial score (nSPS) is 10.2. The molecule has 18 heavy (non-hydrogen) atoms. The molecule has 2 nitrogen and oxygen atoms in total. The summed E-state index contributed by atoms with van der Waals surface area (Å²) in [5, 5.41) is 1.34. The van der Waals surface area contributed by atoms with Gasteiger partial charge in [-0.1, -0.05) is 33.6 Å². The van der Waals surface area contributed by atoms with Crippen LogP contribution < -0.4 is 9.47 Å². The van der Waals surface area contributed by atoms with Gasteiger partial charge in [-0.2, -0.15) is 0 Å². The van der Waals surface area contributed by atoms with Crippen molar-refractivity contribution in [1.29, 1.82) is 0 Å². The lowest BCUT2D eigenvalue weighted by molar-refractivity contribution is 0.412. The summed E-state index contributed by atoms with van der Waals surface area (Å²) in [5.74, 6) is 2.30. The van der Waals surface area contributed by atoms with E-state index in [9.17, 15) is 0 Å². The standard InChI is InChI=1S/C14H12BrClO2/c1-17-10-5-7-11(8-6-10)18-14-4-2-3-13(16)12(14)9-15/h2-8H,9H2,1H3. The van der Waals surface area contributed by atoms with E-state index in [1.54, 1.807) is 7.11 Å². The minimum Gasteiger partial charge on any atom is -0.497 e. The van der Waals surface area contributed by atoms with Crippen molar-refractivity contribution in [2.24, 2.45) is 0 Å². The Morgan fingerprint density at radius 2 is 1.72 bits per heavy atom. The predicted octanol–water partition coefficient (Wildman–Crippen LogP) is 5.04. The molecule has 2 rings (SSSR count). The van der Waals surface area contributed by atoms with E-state index in [-0.39, 0.29) is 0 Å². The first-order valence-electron chi connectivity index (χ1n) is 5.40. The van der Waals surface area contributed by atoms with Gasteiger partial charge in [0.2, 0.25) is 0 Å². The van der Waals surface area contributed by atoms with Gasteiger partial charge in [-0.25, -0.2) is 0 Å². The van der Waals surface area contributed by atoms with Crippen LogP contribution in [0.5, 0.6) is 17.2 Å². The highest BCUT2D eigenvalue weighted by atomic mass is 79.9. The first-order valence-corrected chi connectivity index (χ1v) is 6.90. The molecule has 2 aromatic rings. The summed E-state index contributed by atoms with van der Waals surface area (Å²) in [6, 6.07) is 13.0. The first kappa shape index (κ1) is 13.2. The van der Waals surface area contributed by atoms with Crippen molar-refractivity contribution in [2.45, 2.75) is 5.33 Å². The predicted molar refractivity (Wildman–Crippen MR) is 77.2 cm³/mol. The highest BCUT2D eigenvalue weighted by molar-refractivity contribution is 9.08. The van der Waals surface area contributed by atoms with E-state index >= 15 is 0 Å². The van der Waals surface area contributed by atoms with Crippen molar-refractivity contribution in [3.8, 4) is 17.2 Å². The number of hydrogen-bond donors (Lipinski definition) is 0. The lowest BCUT2D eigenvalue weighted by atomic mass is 10.2. The number of rotatable bonds is 4. The second-order valence-electron chi connectivity index (χ2n) is 3.63. The van der Waals surface area contributed by atoms with Crippen molar-refractivity contribution in [3.05, 3.63) is 53.1 Å². The molecule has 0 heterocycles. The Bertz CT molecular complexity index is 526. The summed E-state index contributed by atoms with van der Waals surface area (Å²) >= 11 is 9.52. The van der Waals surface area contributed by atoms with Crippen molar-refractivity contribution in [2.75, 3.05) is 7.11 Å². The smallest absolute Gasteiger partial charge is 0.132 e. The second-order valence-corrected chi connectivity index (χ2v) is 4.60. The van der Waals surface area contributed by atoms with Gasteiger partial charge in [-0.05, 0) is 36.4 Å². The fourth-order valence-corrected chi connectivity index (χ4v) is 2.51. The molecular formula is C14H12BrClO2. The summed E-state index contributed by atoms with van der Waals surface area (Å²) in [4.78, 5) is 0. The Hall–Kier alpha value is -1.19. The SMILES string of the molecule is COc1ccc(Oc2cccc(Cl)c2CBr)cc1. The Morgan fingerprint density at radius 3 is 2.33 bits per heavy atom. The number of halogens is 2. The van der Waals surface area contributed by atoms with Gasteiger partial charge in [0.05, 0.1) is 7.11 Å². The van der Waals surface area contributed by atoms with Gasteiger partial charge in [0.15, 0.2) is 0 Å². The number of benzene rings is 2. The van der Waals surface area contributed by atoms with Crippen LogP contribution in [-0.4, -0.2) is 7.11 Å². The van der Waals surface area contributed by atoms with Gasteiger partial charge in [0.1, 0.15) is 17.2 Å². The largest absolute Gasteiger partial charge is 0.497 e. The zero-order valence-corrected chi connectivity index (χ0v) is 12.2. The molecule has 0 N–H and O–H groups in total. The number of methoxy groups -OCH3 is 1. The molecule has 0 aromatic heterocycles. The molecule has 0 aliphatic rings. The molecule has 4 heteroatoms. The third-order valence-corrected chi connectivity index (χ3v) is 3.41. The molecular weight excluding hydrogens is 316 g/mol. The first-order chi connectivity index (χ1) is 8.74. The highest BCUT2D eigenvalue weighted by Gasteiger charge is 2.07. The summed E-state index contributed by atoms with van der Waals surface area (Å²) in [6.07, 6.45) is 0. The Kier molecular flexibility index (Phi) is 4.50. The van der Waals surface area contributed by atoms with E-state index in [0.717, 1.165) is 22.8 Å². The van der Waals surface area contributed by atoms with Crippen LogP contribution in [0.3, 0.4) is 0 Å². The van der Waals surface area contributed by atoms with Gasteiger partial charge in [0.25, 0.3) is 0 Å². The fraction of sp³-hybridized carbons (Fsp3) is 0.143. The molecule has 0 bridgehead atoms. The molecule has 0 saturated carbocycles. The van der Waals surface area contributed by atoms with Crippen LogP contribution in [0, 0.1) is 0 Å². The van der Waals surface area contributed by atoms with Crippen molar-refractivity contribution in [1.82, 2.24) is 0 Å². The van der Waals surface area contributed by atoms with Crippen LogP contribution in [0.4, 0.5) is 0 Å². The highest BCUT2D eigenvalue weighted by Crippen LogP contribution is 2.32. The van der Waals surface area contributed by atoms with E-state index in [1.807, 2.05) is 42.5 Å². The minimum absolute atomic E-state index is 0.651. The zero-order chi connectivity index (χ0) is 13.0. The maximum Gasteiger partial charge on any atom is 0.132 e. The molecule has 0 saturated heterocycles. The minimum atomic E-state index is 0.651. The molecule has 0 amide bonds. The maximum atomic E-state index is 6.11. The number of ether oxygens (including phenoxy) is 2. The van der Waals surface area contributed by atoms with Crippen molar-refractivity contribution < 1.29 is 9.47 Å². The Balaban J connectivity index is 2.25. The van der Waals surface area contributed by atoms with Crippen molar-refractivity contribution in [3.63, 3.8) is 0 Å². The van der Waals surface area contributed by atoms with E-state index in [2.05, 4.69) is 15.9 Å². The maximum absolute atomic E-state index is 6.11. The van der Waals surface area contributed by atoms with Crippen LogP contribution >= 0.6 is 27.5 Å². The van der Waals surface area contributed by atoms with Crippen LogP contribution in [0.1, 0.15) is 5.56 Å². The molecule has 0 radical (unpaired) electrons. The Morgan fingerprint density at radius 1 is 1.06 bits per heavy atom. The zero-order valence-electron chi connectivity index (χ0n) is 9.82. The average molecular weight is 328 g/mol. The van der Waals surface area contributed by atoms with Crippen molar-refractivity contribution >= 4 is 27.5 Å². The topological polar surface area (TPSA) is 18.5 Å². The van der Waals surface area contributed by atoms with Gasteiger partial charge in [0, 0.05) is 15.9 Å². The quantitative estimate of drug-likeness (QED) is 0.733. The summed E-state index contributed by atoms with van der Waals surface area (Å²) < 4.78 is 10.9. The van der Waals surface area contributed by atoms with Gasteiger partial charge in [-0.15, -0.1) is 0 Å². The third kappa shape index (κ3) is 2.98. The molecule has 0 aliphatic carbocycles. The molecule has 0 unspecified atom stereocenters. The van der Waals surface area contributed by atoms with Gasteiger partial charge in [-0.3, -0.25) is 0 Å². The van der Waals surface area contributed by atoms with Crippen LogP contribution in [-0.2, 0) is 5.33 Å². The monoisotopic (exact) mass is 326 g/mol. The van der Waals surface area contributed by atoms with Crippen LogP contribution in [0.25, 0.3) is 0 Å². The molecule has 0 spiro atoms. The third-order valence-electron chi connectivity index (χ3n) is 2.50.